The van der Waals surface area contributed by atoms with E-state index in [-0.39, 0.29) is 24.2 Å². The van der Waals surface area contributed by atoms with Crippen LogP contribution in [-0.2, 0) is 17.0 Å². The Bertz CT molecular complexity index is 887. The van der Waals surface area contributed by atoms with Crippen LogP contribution in [0.1, 0.15) is 48.7 Å². The summed E-state index contributed by atoms with van der Waals surface area (Å²) in [6.07, 6.45) is 1.67. The number of carbonyl (C=O) groups excluding carboxylic acids is 1. The maximum atomic E-state index is 13.3. The molecule has 1 aromatic heterocycles. The number of aromatic nitrogens is 1. The summed E-state index contributed by atoms with van der Waals surface area (Å²) in [4.78, 5) is 19.5. The number of benzene rings is 1. The molecule has 0 radical (unpaired) electrons. The predicted octanol–water partition coefficient (Wildman–Crippen LogP) is 4.16. The highest BCUT2D eigenvalue weighted by Crippen LogP contribution is 2.37. The van der Waals surface area contributed by atoms with E-state index in [2.05, 4.69) is 4.98 Å². The van der Waals surface area contributed by atoms with Gasteiger partial charge in [-0.2, -0.15) is 0 Å². The smallest absolute Gasteiger partial charge is 0.225 e. The number of thiazole rings is 1. The van der Waals surface area contributed by atoms with E-state index in [1.54, 1.807) is 0 Å². The lowest BCUT2D eigenvalue weighted by molar-refractivity contribution is -0.134. The van der Waals surface area contributed by atoms with Crippen molar-refractivity contribution in [3.05, 3.63) is 45.4 Å². The van der Waals surface area contributed by atoms with Crippen LogP contribution in [-0.4, -0.2) is 34.0 Å². The summed E-state index contributed by atoms with van der Waals surface area (Å²) in [6, 6.07) is 3.40. The van der Waals surface area contributed by atoms with E-state index >= 15 is 0 Å². The summed E-state index contributed by atoms with van der Waals surface area (Å²) < 4.78 is 31.9. The second kappa shape index (κ2) is 8.75. The van der Waals surface area contributed by atoms with Gasteiger partial charge in [-0.25, -0.2) is 13.8 Å². The topological polar surface area (TPSA) is 62.7 Å². The predicted molar refractivity (Wildman–Crippen MR) is 107 cm³/mol. The zero-order valence-electron chi connectivity index (χ0n) is 16.9. The molecule has 0 spiro atoms. The SMILES string of the molecule is Cc1nc([C@@]2(O)CCCN(C(=O)C(C)C)CC2)sc1COc1ccc(F)c(F)c1. The fourth-order valence-electron chi connectivity index (χ4n) is 3.39. The summed E-state index contributed by atoms with van der Waals surface area (Å²) in [5, 5.41) is 11.8. The summed E-state index contributed by atoms with van der Waals surface area (Å²) in [5.41, 5.74) is -0.345. The summed E-state index contributed by atoms with van der Waals surface area (Å²) in [5.74, 6) is -1.62. The first-order valence-electron chi connectivity index (χ1n) is 9.75. The summed E-state index contributed by atoms with van der Waals surface area (Å²) in [7, 11) is 0. The number of rotatable bonds is 5. The average Bonchev–Trinajstić information content (AvgIpc) is 2.94. The number of ether oxygens (including phenoxy) is 1. The first-order valence-corrected chi connectivity index (χ1v) is 10.6. The Morgan fingerprint density at radius 1 is 1.31 bits per heavy atom. The molecule has 0 bridgehead atoms. The molecule has 0 unspecified atom stereocenters. The third-order valence-corrected chi connectivity index (χ3v) is 6.50. The molecule has 1 N–H and O–H groups in total. The minimum absolute atomic E-state index is 0.0663. The molecule has 2 aromatic rings. The molecule has 3 rings (SSSR count). The van der Waals surface area contributed by atoms with Crippen molar-refractivity contribution in [2.24, 2.45) is 5.92 Å². The Labute approximate surface area is 173 Å². The van der Waals surface area contributed by atoms with Crippen LogP contribution in [0.25, 0.3) is 0 Å². The number of carbonyl (C=O) groups is 1. The van der Waals surface area contributed by atoms with Gasteiger partial charge in [0.05, 0.1) is 10.6 Å². The molecule has 1 atom stereocenters. The van der Waals surface area contributed by atoms with Crippen molar-refractivity contribution in [3.8, 4) is 5.75 Å². The molecular weight excluding hydrogens is 398 g/mol. The molecule has 158 valence electrons. The number of likely N-dealkylation sites (tertiary alicyclic amines) is 1. The highest BCUT2D eigenvalue weighted by Gasteiger charge is 2.36. The van der Waals surface area contributed by atoms with E-state index in [1.807, 2.05) is 25.7 Å². The Kier molecular flexibility index (Phi) is 6.53. The van der Waals surface area contributed by atoms with Crippen molar-refractivity contribution < 1.29 is 23.4 Å². The molecule has 2 heterocycles. The number of nitrogens with zero attached hydrogens (tertiary/aromatic N) is 2. The molecule has 8 heteroatoms. The van der Waals surface area contributed by atoms with E-state index in [0.717, 1.165) is 22.7 Å². The second-order valence-corrected chi connectivity index (χ2v) is 8.84. The van der Waals surface area contributed by atoms with Crippen LogP contribution in [0.5, 0.6) is 5.75 Å². The van der Waals surface area contributed by atoms with Crippen molar-refractivity contribution in [3.63, 3.8) is 0 Å². The van der Waals surface area contributed by atoms with Gasteiger partial charge in [0.2, 0.25) is 5.91 Å². The maximum Gasteiger partial charge on any atom is 0.225 e. The van der Waals surface area contributed by atoms with Crippen molar-refractivity contribution in [2.45, 2.75) is 52.2 Å². The molecule has 1 amide bonds. The Hall–Kier alpha value is -2.06. The Morgan fingerprint density at radius 3 is 2.76 bits per heavy atom. The van der Waals surface area contributed by atoms with E-state index in [9.17, 15) is 18.7 Å². The number of hydrogen-bond acceptors (Lipinski definition) is 5. The van der Waals surface area contributed by atoms with Crippen LogP contribution < -0.4 is 4.74 Å². The van der Waals surface area contributed by atoms with Gasteiger partial charge in [0, 0.05) is 31.5 Å². The first kappa shape index (κ1) is 21.6. The molecule has 0 saturated carbocycles. The van der Waals surface area contributed by atoms with Crippen LogP contribution in [0, 0.1) is 24.5 Å². The lowest BCUT2D eigenvalue weighted by Gasteiger charge is -2.25. The normalized spacial score (nSPS) is 20.0. The molecule has 5 nitrogen and oxygen atoms in total. The third-order valence-electron chi connectivity index (χ3n) is 5.17. The Balaban J connectivity index is 1.69. The van der Waals surface area contributed by atoms with Crippen LogP contribution in [0.4, 0.5) is 8.78 Å². The summed E-state index contributed by atoms with van der Waals surface area (Å²) in [6.45, 7) is 6.87. The average molecular weight is 425 g/mol. The molecular formula is C21H26F2N2O3S. The fourth-order valence-corrected chi connectivity index (χ4v) is 4.52. The molecule has 29 heavy (non-hydrogen) atoms. The van der Waals surface area contributed by atoms with E-state index in [1.165, 1.54) is 17.4 Å². The number of amides is 1. The Morgan fingerprint density at radius 2 is 2.07 bits per heavy atom. The van der Waals surface area contributed by atoms with Gasteiger partial charge in [0.15, 0.2) is 11.6 Å². The minimum atomic E-state index is -1.08. The van der Waals surface area contributed by atoms with Gasteiger partial charge < -0.3 is 14.7 Å². The summed E-state index contributed by atoms with van der Waals surface area (Å²) >= 11 is 1.36. The molecule has 0 aliphatic carbocycles. The largest absolute Gasteiger partial charge is 0.488 e. The zero-order chi connectivity index (χ0) is 21.2. The second-order valence-electron chi connectivity index (χ2n) is 7.76. The van der Waals surface area contributed by atoms with Crippen LogP contribution in [0.3, 0.4) is 0 Å². The van der Waals surface area contributed by atoms with Crippen LogP contribution >= 0.6 is 11.3 Å². The molecule has 1 saturated heterocycles. The lowest BCUT2D eigenvalue weighted by atomic mass is 9.96. The molecule has 1 fully saturated rings. The molecule has 1 aromatic carbocycles. The van der Waals surface area contributed by atoms with Gasteiger partial charge in [-0.1, -0.05) is 13.8 Å². The van der Waals surface area contributed by atoms with Gasteiger partial charge in [-0.3, -0.25) is 4.79 Å². The van der Waals surface area contributed by atoms with Crippen molar-refractivity contribution >= 4 is 17.2 Å². The monoisotopic (exact) mass is 424 g/mol. The highest BCUT2D eigenvalue weighted by atomic mass is 32.1. The number of aryl methyl sites for hydroxylation is 1. The zero-order valence-corrected chi connectivity index (χ0v) is 17.7. The van der Waals surface area contributed by atoms with Gasteiger partial charge >= 0.3 is 0 Å². The van der Waals surface area contributed by atoms with Crippen molar-refractivity contribution in [1.82, 2.24) is 9.88 Å². The van der Waals surface area contributed by atoms with E-state index in [0.29, 0.717) is 37.4 Å². The maximum absolute atomic E-state index is 13.3. The fraction of sp³-hybridized carbons (Fsp3) is 0.524. The first-order chi connectivity index (χ1) is 13.7. The standard InChI is InChI=1S/C21H26F2N2O3S/c1-13(2)19(26)25-9-4-7-21(27,8-10-25)20-24-14(3)18(29-20)12-28-15-5-6-16(22)17(23)11-15/h5-6,11,13,27H,4,7-10,12H2,1-3H3/t21-/m1/s1. The van der Waals surface area contributed by atoms with Crippen LogP contribution in [0.2, 0.25) is 0 Å². The highest BCUT2D eigenvalue weighted by molar-refractivity contribution is 7.11. The lowest BCUT2D eigenvalue weighted by Crippen LogP contribution is -2.36. The van der Waals surface area contributed by atoms with Gasteiger partial charge in [-0.05, 0) is 31.9 Å². The minimum Gasteiger partial charge on any atom is -0.488 e. The van der Waals surface area contributed by atoms with Gasteiger partial charge in [0.1, 0.15) is 23.0 Å². The van der Waals surface area contributed by atoms with Gasteiger partial charge in [-0.15, -0.1) is 11.3 Å². The van der Waals surface area contributed by atoms with E-state index < -0.39 is 17.2 Å². The number of aliphatic hydroxyl groups is 1. The number of hydrogen-bond donors (Lipinski definition) is 1. The van der Waals surface area contributed by atoms with Crippen LogP contribution in [0.15, 0.2) is 18.2 Å². The van der Waals surface area contributed by atoms with E-state index in [4.69, 9.17) is 4.74 Å². The molecule has 1 aliphatic rings. The quantitative estimate of drug-likeness (QED) is 0.783. The van der Waals surface area contributed by atoms with Crippen molar-refractivity contribution in [2.75, 3.05) is 13.1 Å². The molecule has 1 aliphatic heterocycles. The van der Waals surface area contributed by atoms with Crippen molar-refractivity contribution in [1.29, 1.82) is 0 Å². The van der Waals surface area contributed by atoms with Gasteiger partial charge in [0.25, 0.3) is 0 Å². The number of halogens is 2. The third kappa shape index (κ3) is 4.93.